The van der Waals surface area contributed by atoms with E-state index in [0.717, 1.165) is 0 Å². The van der Waals surface area contributed by atoms with Gasteiger partial charge in [0, 0.05) is 9.64 Å². The van der Waals surface area contributed by atoms with Gasteiger partial charge < -0.3 is 0 Å². The Bertz CT molecular complexity index is 837. The van der Waals surface area contributed by atoms with Crippen LogP contribution < -0.4 is 0 Å². The van der Waals surface area contributed by atoms with Gasteiger partial charge in [0.05, 0.1) is 0 Å². The first-order valence-corrected chi connectivity index (χ1v) is 10.7. The van der Waals surface area contributed by atoms with Crippen LogP contribution in [0.4, 0.5) is 0 Å². The van der Waals surface area contributed by atoms with Crippen molar-refractivity contribution in [3.8, 4) is 0 Å². The van der Waals surface area contributed by atoms with Crippen molar-refractivity contribution in [1.82, 2.24) is 0 Å². The van der Waals surface area contributed by atoms with E-state index in [1.165, 1.54) is 58.9 Å². The lowest BCUT2D eigenvalue weighted by atomic mass is 9.88. The minimum Gasteiger partial charge on any atom is -0.115 e. The maximum absolute atomic E-state index is 2.49. The van der Waals surface area contributed by atoms with Crippen LogP contribution in [-0.4, -0.2) is 0 Å². The van der Waals surface area contributed by atoms with Crippen LogP contribution in [0.5, 0.6) is 0 Å². The molecule has 0 bridgehead atoms. The maximum atomic E-state index is 2.49. The number of thioether (sulfide) groups is 1. The molecule has 0 aromatic heterocycles. The highest BCUT2D eigenvalue weighted by Crippen LogP contribution is 2.47. The molecule has 0 fully saturated rings. The number of hydrogen-bond donors (Lipinski definition) is 0. The van der Waals surface area contributed by atoms with E-state index in [4.69, 9.17) is 0 Å². The van der Waals surface area contributed by atoms with Crippen LogP contribution in [0.3, 0.4) is 0 Å². The molecule has 3 rings (SSSR count). The lowest BCUT2D eigenvalue weighted by molar-refractivity contribution is 0.612. The SMILES string of the molecule is CCCCc1cc(C(C)(CCC)Sc2ccccc2)c2ccccc2c1. The zero-order valence-corrected chi connectivity index (χ0v) is 17.1. The molecule has 0 heterocycles. The first kappa shape index (κ1) is 19.0. The molecule has 0 amide bonds. The smallest absolute Gasteiger partial charge is 0.0433 e. The maximum Gasteiger partial charge on any atom is 0.0433 e. The molecule has 3 aromatic carbocycles. The van der Waals surface area contributed by atoms with Gasteiger partial charge in [-0.3, -0.25) is 0 Å². The quantitative estimate of drug-likeness (QED) is 0.366. The van der Waals surface area contributed by atoms with E-state index >= 15 is 0 Å². The molecule has 136 valence electrons. The summed E-state index contributed by atoms with van der Waals surface area (Å²) < 4.78 is 0.0813. The molecule has 0 aliphatic heterocycles. The number of hydrogen-bond acceptors (Lipinski definition) is 1. The van der Waals surface area contributed by atoms with E-state index in [9.17, 15) is 0 Å². The van der Waals surface area contributed by atoms with E-state index in [-0.39, 0.29) is 4.75 Å². The number of benzene rings is 3. The molecule has 0 spiro atoms. The van der Waals surface area contributed by atoms with Crippen LogP contribution in [0, 0.1) is 0 Å². The molecule has 3 aromatic rings. The second kappa shape index (κ2) is 8.77. The Labute approximate surface area is 163 Å². The van der Waals surface area contributed by atoms with Gasteiger partial charge in [-0.2, -0.15) is 0 Å². The van der Waals surface area contributed by atoms with Crippen molar-refractivity contribution < 1.29 is 0 Å². The third-order valence-electron chi connectivity index (χ3n) is 5.12. The molecule has 1 unspecified atom stereocenters. The van der Waals surface area contributed by atoms with Gasteiger partial charge in [0.25, 0.3) is 0 Å². The minimum absolute atomic E-state index is 0.0813. The molecule has 0 nitrogen and oxygen atoms in total. The van der Waals surface area contributed by atoms with Gasteiger partial charge >= 0.3 is 0 Å². The zero-order valence-electron chi connectivity index (χ0n) is 16.3. The van der Waals surface area contributed by atoms with Crippen molar-refractivity contribution in [2.24, 2.45) is 0 Å². The third kappa shape index (κ3) is 4.32. The molecule has 0 aliphatic carbocycles. The Hall–Kier alpha value is -1.73. The summed E-state index contributed by atoms with van der Waals surface area (Å²) in [5, 5.41) is 2.79. The van der Waals surface area contributed by atoms with Gasteiger partial charge in [0.15, 0.2) is 0 Å². The van der Waals surface area contributed by atoms with E-state index < -0.39 is 0 Å². The fourth-order valence-corrected chi connectivity index (χ4v) is 5.20. The number of unbranched alkanes of at least 4 members (excludes halogenated alkanes) is 1. The Morgan fingerprint density at radius 3 is 2.31 bits per heavy atom. The van der Waals surface area contributed by atoms with E-state index in [1.807, 2.05) is 11.8 Å². The molecule has 0 aliphatic rings. The van der Waals surface area contributed by atoms with Crippen LogP contribution in [0.1, 0.15) is 57.6 Å². The first-order chi connectivity index (χ1) is 12.7. The Balaban J connectivity index is 2.11. The standard InChI is InChI=1S/C25H30S/c1-4-6-12-20-18-21-13-10-11-16-23(21)24(19-20)25(3,17-5-2)26-22-14-8-7-9-15-22/h7-11,13-16,18-19H,4-6,12,17H2,1-3H3. The topological polar surface area (TPSA) is 0 Å². The van der Waals surface area contributed by atoms with Crippen molar-refractivity contribution in [2.45, 2.75) is 62.5 Å². The normalized spacial score (nSPS) is 13.7. The monoisotopic (exact) mass is 362 g/mol. The van der Waals surface area contributed by atoms with Crippen LogP contribution in [0.25, 0.3) is 10.8 Å². The highest BCUT2D eigenvalue weighted by atomic mass is 32.2. The summed E-state index contributed by atoms with van der Waals surface area (Å²) in [5.41, 5.74) is 2.98. The molecule has 0 saturated heterocycles. The van der Waals surface area contributed by atoms with Crippen LogP contribution in [0.15, 0.2) is 71.6 Å². The minimum atomic E-state index is 0.0813. The predicted molar refractivity (Wildman–Crippen MR) is 117 cm³/mol. The third-order valence-corrected chi connectivity index (χ3v) is 6.51. The summed E-state index contributed by atoms with van der Waals surface area (Å²) in [6, 6.07) is 24.7. The summed E-state index contributed by atoms with van der Waals surface area (Å²) in [7, 11) is 0. The summed E-state index contributed by atoms with van der Waals surface area (Å²) in [5.74, 6) is 0. The highest BCUT2D eigenvalue weighted by molar-refractivity contribution is 8.00. The summed E-state index contributed by atoms with van der Waals surface area (Å²) in [6.45, 7) is 7.00. The van der Waals surface area contributed by atoms with Gasteiger partial charge in [-0.1, -0.05) is 81.3 Å². The van der Waals surface area contributed by atoms with Gasteiger partial charge in [-0.25, -0.2) is 0 Å². The molecule has 0 radical (unpaired) electrons. The van der Waals surface area contributed by atoms with Gasteiger partial charge in [-0.05, 0) is 60.2 Å². The Morgan fingerprint density at radius 1 is 0.846 bits per heavy atom. The number of rotatable bonds is 8. The highest BCUT2D eigenvalue weighted by Gasteiger charge is 2.29. The molecular weight excluding hydrogens is 332 g/mol. The lowest BCUT2D eigenvalue weighted by Gasteiger charge is -2.31. The van der Waals surface area contributed by atoms with Gasteiger partial charge in [-0.15, -0.1) is 11.8 Å². The molecule has 0 N–H and O–H groups in total. The predicted octanol–water partition coefficient (Wildman–Crippen LogP) is 7.99. The van der Waals surface area contributed by atoms with Gasteiger partial charge in [0.2, 0.25) is 0 Å². The molecule has 0 saturated carbocycles. The average Bonchev–Trinajstić information content (AvgIpc) is 2.66. The fourth-order valence-electron chi connectivity index (χ4n) is 3.80. The average molecular weight is 363 g/mol. The van der Waals surface area contributed by atoms with Crippen molar-refractivity contribution in [1.29, 1.82) is 0 Å². The largest absolute Gasteiger partial charge is 0.115 e. The summed E-state index contributed by atoms with van der Waals surface area (Å²) in [4.78, 5) is 1.35. The Kier molecular flexibility index (Phi) is 6.43. The van der Waals surface area contributed by atoms with Crippen LogP contribution in [-0.2, 0) is 11.2 Å². The number of fused-ring (bicyclic) bond motifs is 1. The summed E-state index contributed by atoms with van der Waals surface area (Å²) >= 11 is 2.02. The van der Waals surface area contributed by atoms with Crippen molar-refractivity contribution in [2.75, 3.05) is 0 Å². The zero-order chi connectivity index (χ0) is 18.4. The van der Waals surface area contributed by atoms with Crippen LogP contribution >= 0.6 is 11.8 Å². The van der Waals surface area contributed by atoms with E-state index in [0.29, 0.717) is 0 Å². The second-order valence-corrected chi connectivity index (χ2v) is 8.94. The molecule has 1 atom stereocenters. The summed E-state index contributed by atoms with van der Waals surface area (Å²) in [6.07, 6.45) is 6.03. The van der Waals surface area contributed by atoms with E-state index in [1.54, 1.807) is 0 Å². The Morgan fingerprint density at radius 2 is 1.58 bits per heavy atom. The van der Waals surface area contributed by atoms with Gasteiger partial charge in [0.1, 0.15) is 0 Å². The second-order valence-electron chi connectivity index (χ2n) is 7.36. The molecular formula is C25H30S. The molecule has 26 heavy (non-hydrogen) atoms. The van der Waals surface area contributed by atoms with Crippen molar-refractivity contribution >= 4 is 22.5 Å². The fraction of sp³-hybridized carbons (Fsp3) is 0.360. The van der Waals surface area contributed by atoms with Crippen molar-refractivity contribution in [3.05, 3.63) is 77.9 Å². The van der Waals surface area contributed by atoms with Crippen LogP contribution in [0.2, 0.25) is 0 Å². The van der Waals surface area contributed by atoms with E-state index in [2.05, 4.69) is 87.5 Å². The number of aryl methyl sites for hydroxylation is 1. The first-order valence-electron chi connectivity index (χ1n) is 9.92. The lowest BCUT2D eigenvalue weighted by Crippen LogP contribution is -2.18. The molecule has 1 heteroatoms. The van der Waals surface area contributed by atoms with Crippen molar-refractivity contribution in [3.63, 3.8) is 0 Å².